The first-order chi connectivity index (χ1) is 13.7. The van der Waals surface area contributed by atoms with Gasteiger partial charge in [-0.1, -0.05) is 42.5 Å². The molecular formula is C23H23NO4. The van der Waals surface area contributed by atoms with E-state index in [0.29, 0.717) is 23.8 Å². The minimum atomic E-state index is -0.190. The maximum absolute atomic E-state index is 12.3. The molecule has 0 unspecified atom stereocenters. The second-order valence-corrected chi connectivity index (χ2v) is 6.14. The van der Waals surface area contributed by atoms with Gasteiger partial charge < -0.3 is 19.5 Å². The Balaban J connectivity index is 1.73. The average Bonchev–Trinajstić information content (AvgIpc) is 2.75. The summed E-state index contributed by atoms with van der Waals surface area (Å²) in [5, 5.41) is 5.12. The van der Waals surface area contributed by atoms with E-state index in [9.17, 15) is 4.79 Å². The molecule has 0 saturated heterocycles. The Kier molecular flexibility index (Phi) is 6.17. The highest BCUT2D eigenvalue weighted by Gasteiger charge is 2.12. The predicted molar refractivity (Wildman–Crippen MR) is 111 cm³/mol. The first-order valence-electron chi connectivity index (χ1n) is 8.89. The average molecular weight is 377 g/mol. The zero-order chi connectivity index (χ0) is 19.9. The summed E-state index contributed by atoms with van der Waals surface area (Å²) >= 11 is 0. The summed E-state index contributed by atoms with van der Waals surface area (Å²) in [7, 11) is 4.71. The largest absolute Gasteiger partial charge is 0.496 e. The minimum absolute atomic E-state index is 0.190. The van der Waals surface area contributed by atoms with Crippen LogP contribution in [0.1, 0.15) is 11.1 Å². The number of fused-ring (bicyclic) bond motifs is 1. The fourth-order valence-electron chi connectivity index (χ4n) is 3.03. The summed E-state index contributed by atoms with van der Waals surface area (Å²) in [5.74, 6) is 1.59. The van der Waals surface area contributed by atoms with E-state index < -0.39 is 0 Å². The molecule has 0 heterocycles. The summed E-state index contributed by atoms with van der Waals surface area (Å²) < 4.78 is 16.0. The van der Waals surface area contributed by atoms with Crippen molar-refractivity contribution in [3.8, 4) is 17.2 Å². The van der Waals surface area contributed by atoms with Crippen molar-refractivity contribution in [1.29, 1.82) is 0 Å². The molecule has 0 bridgehead atoms. The van der Waals surface area contributed by atoms with E-state index >= 15 is 0 Å². The van der Waals surface area contributed by atoms with E-state index in [1.807, 2.05) is 36.4 Å². The van der Waals surface area contributed by atoms with Crippen molar-refractivity contribution in [1.82, 2.24) is 5.32 Å². The molecule has 0 aliphatic heterocycles. The number of amides is 1. The molecule has 3 aromatic carbocycles. The monoisotopic (exact) mass is 377 g/mol. The number of rotatable bonds is 7. The molecule has 5 heteroatoms. The summed E-state index contributed by atoms with van der Waals surface area (Å²) in [6, 6.07) is 17.6. The van der Waals surface area contributed by atoms with Gasteiger partial charge in [0, 0.05) is 24.3 Å². The molecule has 3 aromatic rings. The first kappa shape index (κ1) is 19.3. The maximum Gasteiger partial charge on any atom is 0.244 e. The van der Waals surface area contributed by atoms with Gasteiger partial charge in [-0.15, -0.1) is 0 Å². The van der Waals surface area contributed by atoms with Crippen LogP contribution in [0.5, 0.6) is 17.2 Å². The van der Waals surface area contributed by atoms with Crippen LogP contribution in [0, 0.1) is 0 Å². The Morgan fingerprint density at radius 2 is 1.57 bits per heavy atom. The molecule has 1 N–H and O–H groups in total. The Morgan fingerprint density at radius 3 is 2.32 bits per heavy atom. The van der Waals surface area contributed by atoms with Gasteiger partial charge >= 0.3 is 0 Å². The van der Waals surface area contributed by atoms with Crippen LogP contribution in [0.3, 0.4) is 0 Å². The summed E-state index contributed by atoms with van der Waals surface area (Å²) in [5.41, 5.74) is 1.80. The first-order valence-corrected chi connectivity index (χ1v) is 8.89. The van der Waals surface area contributed by atoms with Gasteiger partial charge in [0.05, 0.1) is 21.3 Å². The molecule has 0 aliphatic rings. The SMILES string of the molecule is COc1cc(OC)c(OC)cc1CNC(=O)/C=C/c1cccc2ccccc12. The lowest BCUT2D eigenvalue weighted by Gasteiger charge is -2.14. The second kappa shape index (κ2) is 8.95. The van der Waals surface area contributed by atoms with Gasteiger partial charge in [0.1, 0.15) is 5.75 Å². The quantitative estimate of drug-likeness (QED) is 0.627. The van der Waals surface area contributed by atoms with Gasteiger partial charge in [-0.2, -0.15) is 0 Å². The number of carbonyl (C=O) groups is 1. The molecule has 144 valence electrons. The Bertz CT molecular complexity index is 1010. The lowest BCUT2D eigenvalue weighted by Crippen LogP contribution is -2.20. The van der Waals surface area contributed by atoms with Gasteiger partial charge in [-0.05, 0) is 28.5 Å². The van der Waals surface area contributed by atoms with Gasteiger partial charge in [0.15, 0.2) is 11.5 Å². The van der Waals surface area contributed by atoms with Crippen LogP contribution < -0.4 is 19.5 Å². The van der Waals surface area contributed by atoms with Crippen LogP contribution in [0.25, 0.3) is 16.8 Å². The third-order valence-corrected chi connectivity index (χ3v) is 4.48. The molecule has 0 aliphatic carbocycles. The molecule has 28 heavy (non-hydrogen) atoms. The standard InChI is InChI=1S/C23H23NO4/c1-26-20-14-22(28-3)21(27-2)13-18(20)15-24-23(25)12-11-17-9-6-8-16-7-4-5-10-19(16)17/h4-14H,15H2,1-3H3,(H,24,25)/b12-11+. The second-order valence-electron chi connectivity index (χ2n) is 6.14. The van der Waals surface area contributed by atoms with Crippen molar-refractivity contribution >= 4 is 22.8 Å². The maximum atomic E-state index is 12.3. The molecule has 0 fully saturated rings. The summed E-state index contributed by atoms with van der Waals surface area (Å²) in [6.07, 6.45) is 3.36. The highest BCUT2D eigenvalue weighted by Crippen LogP contribution is 2.34. The normalized spacial score (nSPS) is 10.8. The highest BCUT2D eigenvalue weighted by molar-refractivity contribution is 5.96. The zero-order valence-electron chi connectivity index (χ0n) is 16.2. The number of hydrogen-bond donors (Lipinski definition) is 1. The summed E-state index contributed by atoms with van der Waals surface area (Å²) in [6.45, 7) is 0.308. The van der Waals surface area contributed by atoms with Gasteiger partial charge in [-0.25, -0.2) is 0 Å². The van der Waals surface area contributed by atoms with Crippen molar-refractivity contribution in [2.24, 2.45) is 0 Å². The molecular weight excluding hydrogens is 354 g/mol. The Hall–Kier alpha value is -3.47. The van der Waals surface area contributed by atoms with Crippen molar-refractivity contribution in [2.75, 3.05) is 21.3 Å². The third kappa shape index (κ3) is 4.26. The number of carbonyl (C=O) groups excluding carboxylic acids is 1. The Labute approximate surface area is 164 Å². The fourth-order valence-corrected chi connectivity index (χ4v) is 3.03. The van der Waals surface area contributed by atoms with Crippen LogP contribution >= 0.6 is 0 Å². The number of ether oxygens (including phenoxy) is 3. The number of benzene rings is 3. The smallest absolute Gasteiger partial charge is 0.244 e. The van der Waals surface area contributed by atoms with E-state index in [1.165, 1.54) is 6.08 Å². The van der Waals surface area contributed by atoms with Crippen LogP contribution in [-0.4, -0.2) is 27.2 Å². The number of nitrogens with one attached hydrogen (secondary N) is 1. The van der Waals surface area contributed by atoms with Crippen molar-refractivity contribution < 1.29 is 19.0 Å². The highest BCUT2D eigenvalue weighted by atomic mass is 16.5. The van der Waals surface area contributed by atoms with Crippen molar-refractivity contribution in [2.45, 2.75) is 6.54 Å². The molecule has 1 amide bonds. The fraction of sp³-hybridized carbons (Fsp3) is 0.174. The molecule has 0 radical (unpaired) electrons. The lowest BCUT2D eigenvalue weighted by atomic mass is 10.0. The lowest BCUT2D eigenvalue weighted by molar-refractivity contribution is -0.116. The summed E-state index contributed by atoms with van der Waals surface area (Å²) in [4.78, 5) is 12.3. The molecule has 0 saturated carbocycles. The van der Waals surface area contributed by atoms with E-state index in [1.54, 1.807) is 33.5 Å². The van der Waals surface area contributed by atoms with E-state index in [-0.39, 0.29) is 5.91 Å². The minimum Gasteiger partial charge on any atom is -0.496 e. The van der Waals surface area contributed by atoms with Crippen molar-refractivity contribution in [3.63, 3.8) is 0 Å². The molecule has 0 spiro atoms. The molecule has 0 aromatic heterocycles. The van der Waals surface area contributed by atoms with Gasteiger partial charge in [0.25, 0.3) is 0 Å². The van der Waals surface area contributed by atoms with Gasteiger partial charge in [-0.3, -0.25) is 4.79 Å². The topological polar surface area (TPSA) is 56.8 Å². The van der Waals surface area contributed by atoms with Crippen LogP contribution in [0.15, 0.2) is 60.7 Å². The van der Waals surface area contributed by atoms with Crippen LogP contribution in [0.2, 0.25) is 0 Å². The number of methoxy groups -OCH3 is 3. The van der Waals surface area contributed by atoms with E-state index in [4.69, 9.17) is 14.2 Å². The van der Waals surface area contributed by atoms with Crippen LogP contribution in [-0.2, 0) is 11.3 Å². The van der Waals surface area contributed by atoms with E-state index in [2.05, 4.69) is 17.4 Å². The Morgan fingerprint density at radius 1 is 0.893 bits per heavy atom. The van der Waals surface area contributed by atoms with Crippen LogP contribution in [0.4, 0.5) is 0 Å². The van der Waals surface area contributed by atoms with Crippen molar-refractivity contribution in [3.05, 3.63) is 71.8 Å². The van der Waals surface area contributed by atoms with Gasteiger partial charge in [0.2, 0.25) is 5.91 Å². The van der Waals surface area contributed by atoms with E-state index in [0.717, 1.165) is 21.9 Å². The zero-order valence-corrected chi connectivity index (χ0v) is 16.2. The molecule has 5 nitrogen and oxygen atoms in total. The number of hydrogen-bond acceptors (Lipinski definition) is 4. The molecule has 0 atom stereocenters. The molecule has 3 rings (SSSR count). The predicted octanol–water partition coefficient (Wildman–Crippen LogP) is 4.20. The third-order valence-electron chi connectivity index (χ3n) is 4.48.